The Bertz CT molecular complexity index is 644. The number of Topliss-reactive ketones (excluding diaryl/α,β-unsaturated/α-hetero) is 1. The molecule has 0 aliphatic heterocycles. The van der Waals surface area contributed by atoms with Crippen molar-refractivity contribution in [2.24, 2.45) is 5.92 Å². The molecule has 0 bridgehead atoms. The highest BCUT2D eigenvalue weighted by atomic mass is 32.2. The number of sulfonamides is 1. The van der Waals surface area contributed by atoms with Crippen molar-refractivity contribution >= 4 is 21.5 Å². The Balaban J connectivity index is 3.34. The number of pyridine rings is 1. The van der Waals surface area contributed by atoms with Gasteiger partial charge in [-0.1, -0.05) is 13.8 Å². The van der Waals surface area contributed by atoms with Gasteiger partial charge in [-0.2, -0.15) is 4.31 Å². The Kier molecular flexibility index (Phi) is 5.70. The summed E-state index contributed by atoms with van der Waals surface area (Å²) in [5, 5.41) is 0. The predicted octanol–water partition coefficient (Wildman–Crippen LogP) is 2.31. The summed E-state index contributed by atoms with van der Waals surface area (Å²) in [5.41, 5.74) is 6.05. The van der Waals surface area contributed by atoms with Gasteiger partial charge in [0.15, 0.2) is 5.78 Å². The highest BCUT2D eigenvalue weighted by Crippen LogP contribution is 2.24. The van der Waals surface area contributed by atoms with Crippen LogP contribution in [0.2, 0.25) is 0 Å². The highest BCUT2D eigenvalue weighted by molar-refractivity contribution is 7.89. The molecule has 0 aliphatic rings. The van der Waals surface area contributed by atoms with Crippen LogP contribution in [0.15, 0.2) is 17.2 Å². The summed E-state index contributed by atoms with van der Waals surface area (Å²) in [6, 6.07) is 0.932. The van der Waals surface area contributed by atoms with E-state index in [-0.39, 0.29) is 40.1 Å². The largest absolute Gasteiger partial charge is 0.397 e. The molecule has 1 aromatic rings. The van der Waals surface area contributed by atoms with Crippen LogP contribution in [0.4, 0.5) is 5.69 Å². The third kappa shape index (κ3) is 3.64. The molecule has 22 heavy (non-hydrogen) atoms. The minimum absolute atomic E-state index is 0.00714. The van der Waals surface area contributed by atoms with E-state index in [2.05, 4.69) is 4.98 Å². The van der Waals surface area contributed by atoms with Crippen LogP contribution < -0.4 is 5.73 Å². The summed E-state index contributed by atoms with van der Waals surface area (Å²) in [5.74, 6) is -0.453. The van der Waals surface area contributed by atoms with Gasteiger partial charge < -0.3 is 5.73 Å². The van der Waals surface area contributed by atoms with E-state index in [1.807, 2.05) is 27.7 Å². The first kappa shape index (κ1) is 18.6. The molecule has 0 saturated carbocycles. The summed E-state index contributed by atoms with van der Waals surface area (Å²) in [4.78, 5) is 16.0. The molecule has 0 atom stereocenters. The topological polar surface area (TPSA) is 93.4 Å². The molecular weight excluding hydrogens is 302 g/mol. The van der Waals surface area contributed by atoms with Gasteiger partial charge in [0.05, 0.1) is 5.69 Å². The lowest BCUT2D eigenvalue weighted by molar-refractivity contribution is 0.0935. The maximum Gasteiger partial charge on any atom is 0.245 e. The van der Waals surface area contributed by atoms with E-state index in [1.54, 1.807) is 13.8 Å². The molecule has 0 spiro atoms. The van der Waals surface area contributed by atoms with Crippen molar-refractivity contribution in [1.29, 1.82) is 0 Å². The summed E-state index contributed by atoms with van der Waals surface area (Å²) in [7, 11) is -3.71. The first-order valence-corrected chi connectivity index (χ1v) is 8.77. The van der Waals surface area contributed by atoms with Crippen LogP contribution in [-0.4, -0.2) is 35.6 Å². The number of carbonyl (C=O) groups excluding carboxylic acids is 1. The van der Waals surface area contributed by atoms with Crippen LogP contribution in [0.5, 0.6) is 0 Å². The molecule has 0 saturated heterocycles. The number of hydrogen-bond acceptors (Lipinski definition) is 5. The van der Waals surface area contributed by atoms with Crippen molar-refractivity contribution in [2.45, 2.75) is 58.5 Å². The quantitative estimate of drug-likeness (QED) is 0.809. The average molecular weight is 327 g/mol. The Labute approximate surface area is 132 Å². The second-order valence-corrected chi connectivity index (χ2v) is 7.99. The van der Waals surface area contributed by atoms with Crippen molar-refractivity contribution < 1.29 is 13.2 Å². The molecule has 0 amide bonds. The number of aromatic nitrogens is 1. The average Bonchev–Trinajstić information content (AvgIpc) is 2.36. The molecule has 124 valence electrons. The van der Waals surface area contributed by atoms with Crippen molar-refractivity contribution in [2.75, 3.05) is 5.73 Å². The maximum absolute atomic E-state index is 12.7. The number of hydrogen-bond donors (Lipinski definition) is 1. The smallest absolute Gasteiger partial charge is 0.245 e. The van der Waals surface area contributed by atoms with Gasteiger partial charge in [0, 0.05) is 24.2 Å². The number of nitrogens with two attached hydrogens (primary N) is 1. The lowest BCUT2D eigenvalue weighted by atomic mass is 10.0. The minimum atomic E-state index is -3.71. The molecule has 0 unspecified atom stereocenters. The van der Waals surface area contributed by atoms with E-state index in [4.69, 9.17) is 5.73 Å². The van der Waals surface area contributed by atoms with Crippen LogP contribution in [0, 0.1) is 5.92 Å². The second kappa shape index (κ2) is 6.75. The molecule has 1 heterocycles. The first-order chi connectivity index (χ1) is 10.00. The zero-order chi connectivity index (χ0) is 17.2. The Morgan fingerprint density at radius 2 is 1.64 bits per heavy atom. The van der Waals surface area contributed by atoms with Crippen LogP contribution >= 0.6 is 0 Å². The number of nitrogens with zero attached hydrogens (tertiary/aromatic N) is 2. The Morgan fingerprint density at radius 3 is 2.00 bits per heavy atom. The zero-order valence-electron chi connectivity index (χ0n) is 14.0. The van der Waals surface area contributed by atoms with Gasteiger partial charge in [0.25, 0.3) is 0 Å². The van der Waals surface area contributed by atoms with Crippen molar-refractivity contribution in [1.82, 2.24) is 9.29 Å². The molecule has 2 N–H and O–H groups in total. The summed E-state index contributed by atoms with van der Waals surface area (Å²) in [6.07, 6.45) is 1.21. The van der Waals surface area contributed by atoms with Crippen LogP contribution in [0.1, 0.15) is 52.0 Å². The van der Waals surface area contributed by atoms with Gasteiger partial charge in [-0.3, -0.25) is 4.79 Å². The van der Waals surface area contributed by atoms with Gasteiger partial charge in [0.2, 0.25) is 10.0 Å². The van der Waals surface area contributed by atoms with E-state index in [1.165, 1.54) is 16.6 Å². The Morgan fingerprint density at radius 1 is 1.14 bits per heavy atom. The normalized spacial score (nSPS) is 12.6. The lowest BCUT2D eigenvalue weighted by Gasteiger charge is -2.29. The number of rotatable bonds is 6. The van der Waals surface area contributed by atoms with Crippen molar-refractivity contribution in [3.63, 3.8) is 0 Å². The van der Waals surface area contributed by atoms with Crippen LogP contribution in [-0.2, 0) is 10.0 Å². The van der Waals surface area contributed by atoms with Gasteiger partial charge in [-0.15, -0.1) is 0 Å². The molecular formula is C15H25N3O3S. The molecule has 7 heteroatoms. The highest BCUT2D eigenvalue weighted by Gasteiger charge is 2.30. The molecule has 1 rings (SSSR count). The number of anilines is 1. The maximum atomic E-state index is 12.7. The Hall–Kier alpha value is -1.47. The van der Waals surface area contributed by atoms with E-state index >= 15 is 0 Å². The third-order valence-electron chi connectivity index (χ3n) is 3.24. The predicted molar refractivity (Wildman–Crippen MR) is 87.1 cm³/mol. The monoisotopic (exact) mass is 327 g/mol. The molecule has 1 aromatic heterocycles. The minimum Gasteiger partial charge on any atom is -0.397 e. The lowest BCUT2D eigenvalue weighted by Crippen LogP contribution is -2.42. The van der Waals surface area contributed by atoms with Gasteiger partial charge in [0.1, 0.15) is 10.6 Å². The number of ketones is 1. The molecule has 0 radical (unpaired) electrons. The third-order valence-corrected chi connectivity index (χ3v) is 5.46. The molecule has 0 aromatic carbocycles. The van der Waals surface area contributed by atoms with Crippen LogP contribution in [0.25, 0.3) is 0 Å². The number of nitrogen functional groups attached to an aromatic ring is 1. The van der Waals surface area contributed by atoms with Gasteiger partial charge in [-0.05, 0) is 33.8 Å². The van der Waals surface area contributed by atoms with Gasteiger partial charge in [-0.25, -0.2) is 13.4 Å². The van der Waals surface area contributed by atoms with E-state index < -0.39 is 10.0 Å². The summed E-state index contributed by atoms with van der Waals surface area (Å²) >= 11 is 0. The first-order valence-electron chi connectivity index (χ1n) is 7.33. The molecule has 0 aliphatic carbocycles. The fraction of sp³-hybridized carbons (Fsp3) is 0.600. The van der Waals surface area contributed by atoms with Gasteiger partial charge >= 0.3 is 0 Å². The fourth-order valence-corrected chi connectivity index (χ4v) is 4.17. The van der Waals surface area contributed by atoms with Crippen molar-refractivity contribution in [3.05, 3.63) is 18.0 Å². The molecule has 0 fully saturated rings. The van der Waals surface area contributed by atoms with Crippen LogP contribution in [0.3, 0.4) is 0 Å². The summed E-state index contributed by atoms with van der Waals surface area (Å²) < 4.78 is 26.9. The standard InChI is InChI=1S/C15H25N3O3S/c1-9(2)15(19)14-13(16)7-12(8-17-14)22(20,21)18(10(3)4)11(5)6/h7-11H,16H2,1-6H3. The number of carbonyl (C=O) groups is 1. The second-order valence-electron chi connectivity index (χ2n) is 6.15. The van der Waals surface area contributed by atoms with E-state index in [9.17, 15) is 13.2 Å². The zero-order valence-corrected chi connectivity index (χ0v) is 14.8. The SMILES string of the molecule is CC(C)C(=O)c1ncc(S(=O)(=O)N(C(C)C)C(C)C)cc1N. The summed E-state index contributed by atoms with van der Waals surface area (Å²) in [6.45, 7) is 10.7. The fourth-order valence-electron chi connectivity index (χ4n) is 2.36. The molecule has 6 nitrogen and oxygen atoms in total. The van der Waals surface area contributed by atoms with E-state index in [0.717, 1.165) is 0 Å². The van der Waals surface area contributed by atoms with Crippen molar-refractivity contribution in [3.8, 4) is 0 Å². The van der Waals surface area contributed by atoms with E-state index in [0.29, 0.717) is 0 Å².